The van der Waals surface area contributed by atoms with Crippen LogP contribution in [-0.4, -0.2) is 45.4 Å². The lowest BCUT2D eigenvalue weighted by atomic mass is 10.1. The molecule has 0 spiro atoms. The van der Waals surface area contributed by atoms with E-state index in [-0.39, 0.29) is 18.4 Å². The number of aliphatic hydroxyl groups excluding tert-OH is 1. The van der Waals surface area contributed by atoms with E-state index in [0.29, 0.717) is 29.4 Å². The molecule has 3 rings (SSSR count). The van der Waals surface area contributed by atoms with Gasteiger partial charge in [-0.05, 0) is 37.6 Å². The van der Waals surface area contributed by atoms with Gasteiger partial charge in [-0.15, -0.1) is 0 Å². The number of hydrogen-bond donors (Lipinski definition) is 1. The van der Waals surface area contributed by atoms with Gasteiger partial charge in [-0.25, -0.2) is 4.68 Å². The number of aliphatic hydroxyl groups is 1. The van der Waals surface area contributed by atoms with Crippen molar-refractivity contribution >= 4 is 17.5 Å². The molecular formula is C16H18ClN3O2. The molecule has 1 aliphatic heterocycles. The standard InChI is InChI=1S/C16H18ClN3O2/c1-11-15(16(22)19-7-6-12(8-19)10-21)9-20(18-11)14-4-2-13(17)3-5-14/h2-5,9,12,21H,6-8,10H2,1H3. The molecule has 2 heterocycles. The number of carbonyl (C=O) groups is 1. The largest absolute Gasteiger partial charge is 0.396 e. The third kappa shape index (κ3) is 2.87. The van der Waals surface area contributed by atoms with Gasteiger partial charge in [0.25, 0.3) is 5.91 Å². The highest BCUT2D eigenvalue weighted by molar-refractivity contribution is 6.30. The molecule has 1 saturated heterocycles. The molecule has 0 aliphatic carbocycles. The van der Waals surface area contributed by atoms with Crippen molar-refractivity contribution in [2.75, 3.05) is 19.7 Å². The Morgan fingerprint density at radius 3 is 2.77 bits per heavy atom. The van der Waals surface area contributed by atoms with Crippen LogP contribution in [0.25, 0.3) is 5.69 Å². The average Bonchev–Trinajstić information content (AvgIpc) is 3.14. The van der Waals surface area contributed by atoms with E-state index in [1.165, 1.54) is 0 Å². The van der Waals surface area contributed by atoms with Crippen LogP contribution in [0.3, 0.4) is 0 Å². The van der Waals surface area contributed by atoms with Crippen LogP contribution in [0.2, 0.25) is 5.02 Å². The van der Waals surface area contributed by atoms with E-state index < -0.39 is 0 Å². The molecule has 5 nitrogen and oxygen atoms in total. The molecule has 0 bridgehead atoms. The Kier molecular flexibility index (Phi) is 4.18. The van der Waals surface area contributed by atoms with Crippen LogP contribution in [0.15, 0.2) is 30.5 Å². The Morgan fingerprint density at radius 1 is 1.41 bits per heavy atom. The minimum absolute atomic E-state index is 0.0198. The first-order chi connectivity index (χ1) is 10.6. The van der Waals surface area contributed by atoms with Crippen LogP contribution < -0.4 is 0 Å². The topological polar surface area (TPSA) is 58.4 Å². The fourth-order valence-electron chi connectivity index (χ4n) is 2.73. The molecule has 1 aliphatic rings. The Balaban J connectivity index is 1.83. The van der Waals surface area contributed by atoms with Crippen molar-refractivity contribution in [1.29, 1.82) is 0 Å². The summed E-state index contributed by atoms with van der Waals surface area (Å²) < 4.78 is 1.69. The summed E-state index contributed by atoms with van der Waals surface area (Å²) in [6.07, 6.45) is 2.61. The van der Waals surface area contributed by atoms with Crippen molar-refractivity contribution in [3.05, 3.63) is 46.7 Å². The maximum Gasteiger partial charge on any atom is 0.257 e. The van der Waals surface area contributed by atoms with E-state index >= 15 is 0 Å². The van der Waals surface area contributed by atoms with E-state index in [4.69, 9.17) is 11.6 Å². The Morgan fingerprint density at radius 2 is 2.14 bits per heavy atom. The number of aryl methyl sites for hydroxylation is 1. The quantitative estimate of drug-likeness (QED) is 0.944. The van der Waals surface area contributed by atoms with Gasteiger partial charge in [0.1, 0.15) is 0 Å². The summed E-state index contributed by atoms with van der Waals surface area (Å²) in [6.45, 7) is 3.27. The number of nitrogens with zero attached hydrogens (tertiary/aromatic N) is 3. The molecule has 1 aromatic carbocycles. The van der Waals surface area contributed by atoms with Crippen molar-refractivity contribution in [2.45, 2.75) is 13.3 Å². The van der Waals surface area contributed by atoms with Crippen molar-refractivity contribution in [2.24, 2.45) is 5.92 Å². The van der Waals surface area contributed by atoms with Crippen molar-refractivity contribution in [1.82, 2.24) is 14.7 Å². The van der Waals surface area contributed by atoms with Gasteiger partial charge in [0.15, 0.2) is 0 Å². The van der Waals surface area contributed by atoms with Crippen LogP contribution >= 0.6 is 11.6 Å². The van der Waals surface area contributed by atoms with Crippen LogP contribution in [0.1, 0.15) is 22.5 Å². The summed E-state index contributed by atoms with van der Waals surface area (Å²) in [4.78, 5) is 14.4. The zero-order valence-corrected chi connectivity index (χ0v) is 13.1. The SMILES string of the molecule is Cc1nn(-c2ccc(Cl)cc2)cc1C(=O)N1CCC(CO)C1. The maximum absolute atomic E-state index is 12.6. The number of likely N-dealkylation sites (tertiary alicyclic amines) is 1. The summed E-state index contributed by atoms with van der Waals surface area (Å²) in [5.74, 6) is 0.171. The van der Waals surface area contributed by atoms with Crippen LogP contribution in [0, 0.1) is 12.8 Å². The van der Waals surface area contributed by atoms with E-state index in [2.05, 4.69) is 5.10 Å². The molecule has 22 heavy (non-hydrogen) atoms. The monoisotopic (exact) mass is 319 g/mol. The Labute approximate surface area is 134 Å². The highest BCUT2D eigenvalue weighted by Crippen LogP contribution is 2.21. The highest BCUT2D eigenvalue weighted by Gasteiger charge is 2.28. The number of hydrogen-bond acceptors (Lipinski definition) is 3. The van der Waals surface area contributed by atoms with Crippen molar-refractivity contribution in [3.8, 4) is 5.69 Å². The average molecular weight is 320 g/mol. The lowest BCUT2D eigenvalue weighted by Gasteiger charge is -2.15. The summed E-state index contributed by atoms with van der Waals surface area (Å²) >= 11 is 5.89. The van der Waals surface area contributed by atoms with Gasteiger partial charge < -0.3 is 10.0 Å². The zero-order chi connectivity index (χ0) is 15.7. The van der Waals surface area contributed by atoms with Gasteiger partial charge >= 0.3 is 0 Å². The molecule has 116 valence electrons. The molecule has 0 radical (unpaired) electrons. The molecular weight excluding hydrogens is 302 g/mol. The molecule has 2 aromatic rings. The van der Waals surface area contributed by atoms with Crippen molar-refractivity contribution in [3.63, 3.8) is 0 Å². The van der Waals surface area contributed by atoms with E-state index in [9.17, 15) is 9.90 Å². The first-order valence-electron chi connectivity index (χ1n) is 7.31. The lowest BCUT2D eigenvalue weighted by molar-refractivity contribution is 0.0781. The van der Waals surface area contributed by atoms with Gasteiger partial charge in [-0.1, -0.05) is 11.6 Å². The molecule has 1 atom stereocenters. The van der Waals surface area contributed by atoms with Crippen LogP contribution in [0.4, 0.5) is 0 Å². The fourth-order valence-corrected chi connectivity index (χ4v) is 2.86. The molecule has 1 unspecified atom stereocenters. The maximum atomic E-state index is 12.6. The Bertz CT molecular complexity index is 681. The first-order valence-corrected chi connectivity index (χ1v) is 7.68. The third-order valence-electron chi connectivity index (χ3n) is 4.05. The molecule has 1 fully saturated rings. The molecule has 0 saturated carbocycles. The van der Waals surface area contributed by atoms with Gasteiger partial charge in [0, 0.05) is 36.8 Å². The van der Waals surface area contributed by atoms with Crippen molar-refractivity contribution < 1.29 is 9.90 Å². The van der Waals surface area contributed by atoms with E-state index in [0.717, 1.165) is 12.1 Å². The number of amides is 1. The lowest BCUT2D eigenvalue weighted by Crippen LogP contribution is -2.29. The van der Waals surface area contributed by atoms with Gasteiger partial charge in [0.2, 0.25) is 0 Å². The molecule has 1 N–H and O–H groups in total. The van der Waals surface area contributed by atoms with Gasteiger partial charge in [-0.2, -0.15) is 5.10 Å². The van der Waals surface area contributed by atoms with Crippen LogP contribution in [0.5, 0.6) is 0 Å². The normalized spacial score (nSPS) is 18.0. The van der Waals surface area contributed by atoms with E-state index in [1.807, 2.05) is 19.1 Å². The minimum Gasteiger partial charge on any atom is -0.396 e. The summed E-state index contributed by atoms with van der Waals surface area (Å²) in [7, 11) is 0. The number of aromatic nitrogens is 2. The number of rotatable bonds is 3. The Hall–Kier alpha value is -1.85. The number of benzene rings is 1. The molecule has 1 aromatic heterocycles. The molecule has 6 heteroatoms. The smallest absolute Gasteiger partial charge is 0.257 e. The van der Waals surface area contributed by atoms with E-state index in [1.54, 1.807) is 27.9 Å². The summed E-state index contributed by atoms with van der Waals surface area (Å²) in [5.41, 5.74) is 2.17. The zero-order valence-electron chi connectivity index (χ0n) is 12.4. The minimum atomic E-state index is -0.0198. The summed E-state index contributed by atoms with van der Waals surface area (Å²) in [6, 6.07) is 7.31. The third-order valence-corrected chi connectivity index (χ3v) is 4.30. The number of halogens is 1. The summed E-state index contributed by atoms with van der Waals surface area (Å²) in [5, 5.41) is 14.3. The highest BCUT2D eigenvalue weighted by atomic mass is 35.5. The van der Waals surface area contributed by atoms with Gasteiger partial charge in [-0.3, -0.25) is 4.79 Å². The predicted molar refractivity (Wildman–Crippen MR) is 84.4 cm³/mol. The predicted octanol–water partition coefficient (Wildman–Crippen LogP) is 2.29. The van der Waals surface area contributed by atoms with Gasteiger partial charge in [0.05, 0.1) is 16.9 Å². The first kappa shape index (κ1) is 15.1. The second kappa shape index (κ2) is 6.10. The van der Waals surface area contributed by atoms with Crippen LogP contribution in [-0.2, 0) is 0 Å². The second-order valence-corrected chi connectivity index (χ2v) is 6.07. The number of carbonyl (C=O) groups excluding carboxylic acids is 1. The fraction of sp³-hybridized carbons (Fsp3) is 0.375. The second-order valence-electron chi connectivity index (χ2n) is 5.64. The molecule has 1 amide bonds.